The second kappa shape index (κ2) is 6.60. The molecule has 0 aliphatic heterocycles. The molecule has 0 aliphatic carbocycles. The van der Waals surface area contributed by atoms with E-state index in [4.69, 9.17) is 11.6 Å². The molecule has 1 atom stereocenters. The molecule has 0 amide bonds. The van der Waals surface area contributed by atoms with Gasteiger partial charge < -0.3 is 5.32 Å². The van der Waals surface area contributed by atoms with E-state index in [0.717, 1.165) is 25.2 Å². The van der Waals surface area contributed by atoms with E-state index in [1.807, 2.05) is 36.1 Å². The molecular weight excluding hydrogens is 405 g/mol. The van der Waals surface area contributed by atoms with Crippen LogP contribution in [-0.4, -0.2) is 16.8 Å². The van der Waals surface area contributed by atoms with Crippen LogP contribution in [0.4, 0.5) is 0 Å². The number of nitrogens with zero attached hydrogens (tertiary/aromatic N) is 2. The molecule has 0 saturated carbocycles. The number of hydrogen-bond acceptors (Lipinski definition) is 2. The Morgan fingerprint density at radius 3 is 2.55 bits per heavy atom. The highest BCUT2D eigenvalue weighted by Crippen LogP contribution is 2.34. The summed E-state index contributed by atoms with van der Waals surface area (Å²) in [6.07, 6.45) is 1.83. The first-order valence-corrected chi connectivity index (χ1v) is 8.27. The molecule has 1 unspecified atom stereocenters. The Kier molecular flexibility index (Phi) is 5.29. The zero-order valence-electron chi connectivity index (χ0n) is 11.5. The summed E-state index contributed by atoms with van der Waals surface area (Å²) in [6.45, 7) is 4.22. The molecule has 0 spiro atoms. The summed E-state index contributed by atoms with van der Waals surface area (Å²) >= 11 is 13.4. The molecule has 1 N–H and O–H groups in total. The van der Waals surface area contributed by atoms with Crippen LogP contribution >= 0.6 is 43.5 Å². The fourth-order valence-corrected chi connectivity index (χ4v) is 3.49. The van der Waals surface area contributed by atoms with E-state index in [0.29, 0.717) is 0 Å². The molecule has 20 heavy (non-hydrogen) atoms. The summed E-state index contributed by atoms with van der Waals surface area (Å²) in [7, 11) is 1.92. The number of rotatable bonds is 4. The van der Waals surface area contributed by atoms with Crippen molar-refractivity contribution in [2.75, 3.05) is 7.05 Å². The molecule has 3 nitrogen and oxygen atoms in total. The summed E-state index contributed by atoms with van der Waals surface area (Å²) in [5.41, 5.74) is 2.10. The van der Waals surface area contributed by atoms with Crippen LogP contribution in [0.5, 0.6) is 0 Å². The first-order chi connectivity index (χ1) is 9.45. The predicted octanol–water partition coefficient (Wildman–Crippen LogP) is 4.95. The number of aromatic nitrogens is 2. The minimum absolute atomic E-state index is 0.0186. The van der Waals surface area contributed by atoms with Crippen molar-refractivity contribution in [2.45, 2.75) is 25.9 Å². The first-order valence-electron chi connectivity index (χ1n) is 6.30. The maximum Gasteiger partial charge on any atom is 0.0772 e. The van der Waals surface area contributed by atoms with Gasteiger partial charge in [-0.1, -0.05) is 33.6 Å². The SMILES string of the molecule is CNC(c1ccc(Br)cc1Cl)c1c(Br)cnn1C(C)C. The fraction of sp³-hybridized carbons (Fsp3) is 0.357. The molecule has 0 radical (unpaired) electrons. The lowest BCUT2D eigenvalue weighted by Crippen LogP contribution is -2.23. The number of halogens is 3. The number of nitrogens with one attached hydrogen (secondary N) is 1. The summed E-state index contributed by atoms with van der Waals surface area (Å²) in [4.78, 5) is 0. The van der Waals surface area contributed by atoms with Crippen LogP contribution in [0.3, 0.4) is 0 Å². The molecule has 0 saturated heterocycles. The molecular formula is C14H16Br2ClN3. The van der Waals surface area contributed by atoms with Crippen molar-refractivity contribution in [3.63, 3.8) is 0 Å². The van der Waals surface area contributed by atoms with Crippen LogP contribution < -0.4 is 5.32 Å². The van der Waals surface area contributed by atoms with Crippen molar-refractivity contribution in [3.05, 3.63) is 49.6 Å². The van der Waals surface area contributed by atoms with Gasteiger partial charge in [0, 0.05) is 15.5 Å². The molecule has 0 fully saturated rings. The number of benzene rings is 1. The summed E-state index contributed by atoms with van der Waals surface area (Å²) in [6, 6.07) is 6.19. The van der Waals surface area contributed by atoms with Gasteiger partial charge in [0.25, 0.3) is 0 Å². The third-order valence-corrected chi connectivity index (χ3v) is 4.54. The van der Waals surface area contributed by atoms with Crippen LogP contribution in [0.1, 0.15) is 37.2 Å². The van der Waals surface area contributed by atoms with E-state index in [9.17, 15) is 0 Å². The third kappa shape index (κ3) is 3.11. The Labute approximate surface area is 141 Å². The van der Waals surface area contributed by atoms with E-state index in [1.54, 1.807) is 0 Å². The van der Waals surface area contributed by atoms with E-state index < -0.39 is 0 Å². The van der Waals surface area contributed by atoms with Gasteiger partial charge in [-0.15, -0.1) is 0 Å². The van der Waals surface area contributed by atoms with Crippen LogP contribution in [0.15, 0.2) is 33.3 Å². The van der Waals surface area contributed by atoms with Crippen LogP contribution in [0.2, 0.25) is 5.02 Å². The maximum atomic E-state index is 6.39. The zero-order valence-corrected chi connectivity index (χ0v) is 15.4. The largest absolute Gasteiger partial charge is 0.308 e. The molecule has 0 bridgehead atoms. The fourth-order valence-electron chi connectivity index (χ4n) is 2.21. The van der Waals surface area contributed by atoms with Gasteiger partial charge in [-0.05, 0) is 54.5 Å². The second-order valence-corrected chi connectivity index (χ2v) is 6.98. The maximum absolute atomic E-state index is 6.39. The van der Waals surface area contributed by atoms with Gasteiger partial charge in [0.1, 0.15) is 0 Å². The van der Waals surface area contributed by atoms with Gasteiger partial charge in [0.15, 0.2) is 0 Å². The van der Waals surface area contributed by atoms with E-state index in [1.165, 1.54) is 0 Å². The van der Waals surface area contributed by atoms with Gasteiger partial charge in [-0.3, -0.25) is 4.68 Å². The minimum atomic E-state index is -0.0186. The lowest BCUT2D eigenvalue weighted by Gasteiger charge is -2.22. The van der Waals surface area contributed by atoms with E-state index in [2.05, 4.69) is 56.1 Å². The lowest BCUT2D eigenvalue weighted by molar-refractivity contribution is 0.483. The molecule has 2 rings (SSSR count). The Balaban J connectivity index is 2.55. The third-order valence-electron chi connectivity index (χ3n) is 3.11. The van der Waals surface area contributed by atoms with Gasteiger partial charge >= 0.3 is 0 Å². The molecule has 108 valence electrons. The molecule has 0 aliphatic rings. The highest BCUT2D eigenvalue weighted by Gasteiger charge is 2.23. The van der Waals surface area contributed by atoms with Crippen molar-refractivity contribution < 1.29 is 0 Å². The molecule has 6 heteroatoms. The lowest BCUT2D eigenvalue weighted by atomic mass is 10.0. The highest BCUT2D eigenvalue weighted by molar-refractivity contribution is 9.10. The molecule has 2 aromatic rings. The molecule has 1 heterocycles. The van der Waals surface area contributed by atoms with Crippen LogP contribution in [-0.2, 0) is 0 Å². The molecule has 1 aromatic heterocycles. The Morgan fingerprint density at radius 1 is 1.30 bits per heavy atom. The van der Waals surface area contributed by atoms with E-state index in [-0.39, 0.29) is 12.1 Å². The van der Waals surface area contributed by atoms with E-state index >= 15 is 0 Å². The van der Waals surface area contributed by atoms with Gasteiger partial charge in [0.05, 0.1) is 22.4 Å². The quantitative estimate of drug-likeness (QED) is 0.757. The topological polar surface area (TPSA) is 29.9 Å². The predicted molar refractivity (Wildman–Crippen MR) is 90.4 cm³/mol. The normalized spacial score (nSPS) is 12.9. The summed E-state index contributed by atoms with van der Waals surface area (Å²) in [5.74, 6) is 0. The zero-order chi connectivity index (χ0) is 14.9. The number of hydrogen-bond donors (Lipinski definition) is 1. The first kappa shape index (κ1) is 16.0. The Morgan fingerprint density at radius 2 is 2.00 bits per heavy atom. The van der Waals surface area contributed by atoms with Crippen molar-refractivity contribution >= 4 is 43.5 Å². The smallest absolute Gasteiger partial charge is 0.0772 e. The van der Waals surface area contributed by atoms with Crippen molar-refractivity contribution in [1.82, 2.24) is 15.1 Å². The van der Waals surface area contributed by atoms with Gasteiger partial charge in [-0.25, -0.2) is 0 Å². The summed E-state index contributed by atoms with van der Waals surface area (Å²) < 4.78 is 3.95. The molecule has 1 aromatic carbocycles. The second-order valence-electron chi connectivity index (χ2n) is 4.80. The highest BCUT2D eigenvalue weighted by atomic mass is 79.9. The average molecular weight is 422 g/mol. The van der Waals surface area contributed by atoms with Crippen LogP contribution in [0, 0.1) is 0 Å². The Hall–Kier alpha value is -0.360. The standard InChI is InChI=1S/C14H16Br2ClN3/c1-8(2)20-14(11(16)7-19-20)13(18-3)10-5-4-9(15)6-12(10)17/h4-8,13,18H,1-3H3. The Bertz CT molecular complexity index is 610. The van der Waals surface area contributed by atoms with Crippen molar-refractivity contribution in [1.29, 1.82) is 0 Å². The average Bonchev–Trinajstić information content (AvgIpc) is 2.75. The summed E-state index contributed by atoms with van der Waals surface area (Å²) in [5, 5.41) is 8.49. The van der Waals surface area contributed by atoms with Crippen molar-refractivity contribution in [2.24, 2.45) is 0 Å². The van der Waals surface area contributed by atoms with Crippen LogP contribution in [0.25, 0.3) is 0 Å². The monoisotopic (exact) mass is 419 g/mol. The minimum Gasteiger partial charge on any atom is -0.308 e. The van der Waals surface area contributed by atoms with Gasteiger partial charge in [-0.2, -0.15) is 5.10 Å². The van der Waals surface area contributed by atoms with Gasteiger partial charge in [0.2, 0.25) is 0 Å². The van der Waals surface area contributed by atoms with Crippen molar-refractivity contribution in [3.8, 4) is 0 Å².